The molecule has 0 amide bonds. The van der Waals surface area contributed by atoms with Crippen LogP contribution in [0.3, 0.4) is 0 Å². The minimum absolute atomic E-state index is 0.600. The molecule has 3 heteroatoms. The SMILES string of the molecule is CCN1CCC[C@H]1c1ccc(N2CCCCC2)nc1C. The standard InChI is InChI=1S/C17H27N3/c1-3-19-13-7-8-16(19)15-9-10-17(18-14(15)2)20-11-5-4-6-12-20/h9-10,16H,3-8,11-13H2,1-2H3/t16-/m0/s1. The summed E-state index contributed by atoms with van der Waals surface area (Å²) in [6, 6.07) is 5.19. The van der Waals surface area contributed by atoms with Gasteiger partial charge in [-0.1, -0.05) is 13.0 Å². The Morgan fingerprint density at radius 1 is 1.10 bits per heavy atom. The van der Waals surface area contributed by atoms with E-state index in [-0.39, 0.29) is 0 Å². The molecule has 20 heavy (non-hydrogen) atoms. The molecule has 0 N–H and O–H groups in total. The second-order valence-electron chi connectivity index (χ2n) is 6.18. The molecule has 0 saturated carbocycles. The van der Waals surface area contributed by atoms with Crippen molar-refractivity contribution in [2.45, 2.75) is 52.0 Å². The normalized spacial score (nSPS) is 24.3. The van der Waals surface area contributed by atoms with Gasteiger partial charge in [-0.15, -0.1) is 0 Å². The van der Waals surface area contributed by atoms with Gasteiger partial charge in [0.05, 0.1) is 0 Å². The monoisotopic (exact) mass is 273 g/mol. The van der Waals surface area contributed by atoms with Crippen LogP contribution in [0.5, 0.6) is 0 Å². The first-order valence-electron chi connectivity index (χ1n) is 8.26. The summed E-state index contributed by atoms with van der Waals surface area (Å²) >= 11 is 0. The molecule has 3 heterocycles. The lowest BCUT2D eigenvalue weighted by atomic mass is 10.0. The molecular formula is C17H27N3. The zero-order chi connectivity index (χ0) is 13.9. The molecule has 2 aliphatic heterocycles. The Kier molecular flexibility index (Phi) is 4.25. The highest BCUT2D eigenvalue weighted by atomic mass is 15.2. The van der Waals surface area contributed by atoms with Crippen LogP contribution in [0.15, 0.2) is 12.1 Å². The average Bonchev–Trinajstić information content (AvgIpc) is 2.96. The molecule has 1 aromatic heterocycles. The van der Waals surface area contributed by atoms with Crippen LogP contribution >= 0.6 is 0 Å². The van der Waals surface area contributed by atoms with Gasteiger partial charge in [0.15, 0.2) is 0 Å². The Bertz CT molecular complexity index is 452. The van der Waals surface area contributed by atoms with Crippen molar-refractivity contribution in [2.24, 2.45) is 0 Å². The number of hydrogen-bond acceptors (Lipinski definition) is 3. The van der Waals surface area contributed by atoms with Gasteiger partial charge in [0.1, 0.15) is 5.82 Å². The third-order valence-corrected chi connectivity index (χ3v) is 4.92. The van der Waals surface area contributed by atoms with Crippen molar-refractivity contribution in [3.05, 3.63) is 23.4 Å². The van der Waals surface area contributed by atoms with Gasteiger partial charge in [-0.25, -0.2) is 4.98 Å². The molecule has 0 spiro atoms. The highest BCUT2D eigenvalue weighted by Gasteiger charge is 2.26. The van der Waals surface area contributed by atoms with E-state index >= 15 is 0 Å². The summed E-state index contributed by atoms with van der Waals surface area (Å²) in [5.74, 6) is 1.19. The molecule has 1 atom stereocenters. The second kappa shape index (κ2) is 6.13. The van der Waals surface area contributed by atoms with Gasteiger partial charge in [-0.2, -0.15) is 0 Å². The fourth-order valence-corrected chi connectivity index (χ4v) is 3.77. The van der Waals surface area contributed by atoms with Crippen molar-refractivity contribution >= 4 is 5.82 Å². The summed E-state index contributed by atoms with van der Waals surface area (Å²) in [6.07, 6.45) is 6.62. The zero-order valence-corrected chi connectivity index (χ0v) is 12.9. The van der Waals surface area contributed by atoms with E-state index in [0.29, 0.717) is 6.04 Å². The smallest absolute Gasteiger partial charge is 0.128 e. The molecule has 3 nitrogen and oxygen atoms in total. The van der Waals surface area contributed by atoms with E-state index in [1.165, 1.54) is 68.8 Å². The molecule has 3 rings (SSSR count). The number of nitrogens with zero attached hydrogens (tertiary/aromatic N) is 3. The number of piperidine rings is 1. The van der Waals surface area contributed by atoms with Crippen LogP contribution in [0.2, 0.25) is 0 Å². The van der Waals surface area contributed by atoms with E-state index in [2.05, 4.69) is 35.8 Å². The van der Waals surface area contributed by atoms with E-state index in [0.717, 1.165) is 6.54 Å². The summed E-state index contributed by atoms with van der Waals surface area (Å²) in [4.78, 5) is 9.95. The topological polar surface area (TPSA) is 19.4 Å². The lowest BCUT2D eigenvalue weighted by Crippen LogP contribution is -2.30. The molecule has 2 fully saturated rings. The molecule has 0 aliphatic carbocycles. The van der Waals surface area contributed by atoms with Gasteiger partial charge in [0.2, 0.25) is 0 Å². The molecule has 0 aromatic carbocycles. The van der Waals surface area contributed by atoms with Crippen LogP contribution in [0, 0.1) is 6.92 Å². The third-order valence-electron chi connectivity index (χ3n) is 4.92. The Balaban J connectivity index is 1.80. The van der Waals surface area contributed by atoms with Crippen molar-refractivity contribution in [2.75, 3.05) is 31.1 Å². The highest BCUT2D eigenvalue weighted by Crippen LogP contribution is 2.33. The summed E-state index contributed by atoms with van der Waals surface area (Å²) in [5.41, 5.74) is 2.68. The molecule has 0 radical (unpaired) electrons. The molecule has 2 saturated heterocycles. The Hall–Kier alpha value is -1.09. The van der Waals surface area contributed by atoms with Crippen LogP contribution in [0.25, 0.3) is 0 Å². The lowest BCUT2D eigenvalue weighted by Gasteiger charge is -2.29. The number of aromatic nitrogens is 1. The van der Waals surface area contributed by atoms with Crippen LogP contribution in [0.1, 0.15) is 56.3 Å². The van der Waals surface area contributed by atoms with E-state index in [9.17, 15) is 0 Å². The van der Waals surface area contributed by atoms with Crippen LogP contribution in [-0.2, 0) is 0 Å². The highest BCUT2D eigenvalue weighted by molar-refractivity contribution is 5.43. The first-order chi connectivity index (χ1) is 9.79. The van der Waals surface area contributed by atoms with Crippen molar-refractivity contribution in [1.29, 1.82) is 0 Å². The minimum atomic E-state index is 0.600. The van der Waals surface area contributed by atoms with E-state index in [4.69, 9.17) is 4.98 Å². The van der Waals surface area contributed by atoms with Crippen molar-refractivity contribution < 1.29 is 0 Å². The summed E-state index contributed by atoms with van der Waals surface area (Å²) in [7, 11) is 0. The third kappa shape index (κ3) is 2.69. The Morgan fingerprint density at radius 2 is 1.90 bits per heavy atom. The van der Waals surface area contributed by atoms with Gasteiger partial charge >= 0.3 is 0 Å². The van der Waals surface area contributed by atoms with Gasteiger partial charge in [-0.3, -0.25) is 4.90 Å². The summed E-state index contributed by atoms with van der Waals surface area (Å²) in [5, 5.41) is 0. The second-order valence-corrected chi connectivity index (χ2v) is 6.18. The molecule has 0 bridgehead atoms. The predicted octanol–water partition coefficient (Wildman–Crippen LogP) is 3.54. The van der Waals surface area contributed by atoms with Gasteiger partial charge in [-0.05, 0) is 63.7 Å². The fourth-order valence-electron chi connectivity index (χ4n) is 3.77. The number of likely N-dealkylation sites (tertiary alicyclic amines) is 1. The Morgan fingerprint density at radius 3 is 2.60 bits per heavy atom. The number of rotatable bonds is 3. The Labute approximate surface area is 123 Å². The number of aryl methyl sites for hydroxylation is 1. The first kappa shape index (κ1) is 13.9. The molecule has 1 aromatic rings. The van der Waals surface area contributed by atoms with Crippen molar-refractivity contribution in [3.8, 4) is 0 Å². The molecule has 0 unspecified atom stereocenters. The largest absolute Gasteiger partial charge is 0.357 e. The van der Waals surface area contributed by atoms with Crippen molar-refractivity contribution in [3.63, 3.8) is 0 Å². The predicted molar refractivity (Wildman–Crippen MR) is 84.3 cm³/mol. The zero-order valence-electron chi connectivity index (χ0n) is 12.9. The summed E-state index contributed by atoms with van der Waals surface area (Å²) in [6.45, 7) is 9.21. The van der Waals surface area contributed by atoms with Gasteiger partial charge in [0.25, 0.3) is 0 Å². The number of hydrogen-bond donors (Lipinski definition) is 0. The first-order valence-corrected chi connectivity index (χ1v) is 8.26. The lowest BCUT2D eigenvalue weighted by molar-refractivity contribution is 0.270. The van der Waals surface area contributed by atoms with E-state index in [1.54, 1.807) is 0 Å². The van der Waals surface area contributed by atoms with Crippen LogP contribution < -0.4 is 4.90 Å². The van der Waals surface area contributed by atoms with Gasteiger partial charge in [0, 0.05) is 24.8 Å². The average molecular weight is 273 g/mol. The maximum absolute atomic E-state index is 4.91. The molecule has 110 valence electrons. The molecule has 2 aliphatic rings. The maximum atomic E-state index is 4.91. The number of pyridine rings is 1. The van der Waals surface area contributed by atoms with Gasteiger partial charge < -0.3 is 4.90 Å². The van der Waals surface area contributed by atoms with E-state index < -0.39 is 0 Å². The van der Waals surface area contributed by atoms with Crippen LogP contribution in [-0.4, -0.2) is 36.1 Å². The van der Waals surface area contributed by atoms with Crippen LogP contribution in [0.4, 0.5) is 5.82 Å². The van der Waals surface area contributed by atoms with E-state index in [1.807, 2.05) is 0 Å². The minimum Gasteiger partial charge on any atom is -0.357 e. The van der Waals surface area contributed by atoms with Crippen molar-refractivity contribution in [1.82, 2.24) is 9.88 Å². The summed E-state index contributed by atoms with van der Waals surface area (Å²) < 4.78 is 0. The number of anilines is 1. The maximum Gasteiger partial charge on any atom is 0.128 e. The quantitative estimate of drug-likeness (QED) is 0.839. The fraction of sp³-hybridized carbons (Fsp3) is 0.706. The molecular weight excluding hydrogens is 246 g/mol.